The number of ether oxygens (including phenoxy) is 1. The van der Waals surface area contributed by atoms with Gasteiger partial charge in [-0.15, -0.1) is 0 Å². The molecule has 20 heavy (non-hydrogen) atoms. The van der Waals surface area contributed by atoms with Crippen molar-refractivity contribution in [3.05, 3.63) is 23.3 Å². The number of rotatable bonds is 4. The van der Waals surface area contributed by atoms with Gasteiger partial charge in [-0.3, -0.25) is 4.79 Å². The molecule has 1 aromatic heterocycles. The molecule has 0 aromatic carbocycles. The monoisotopic (exact) mass is 274 g/mol. The lowest BCUT2D eigenvalue weighted by Crippen LogP contribution is -2.29. The van der Waals surface area contributed by atoms with Crippen LogP contribution in [0, 0.1) is 11.3 Å². The van der Waals surface area contributed by atoms with Crippen LogP contribution < -0.4 is 0 Å². The van der Waals surface area contributed by atoms with Gasteiger partial charge in [0.1, 0.15) is 6.10 Å². The number of hydrogen-bond acceptors (Lipinski definition) is 4. The number of ketones is 1. The third-order valence-electron chi connectivity index (χ3n) is 4.12. The molecule has 1 saturated carbocycles. The highest BCUT2D eigenvalue weighted by Gasteiger charge is 2.37. The van der Waals surface area contributed by atoms with E-state index in [1.165, 1.54) is 12.8 Å². The normalized spacial score (nSPS) is 22.4. The first-order valence-electron chi connectivity index (χ1n) is 7.51. The van der Waals surface area contributed by atoms with E-state index in [0.29, 0.717) is 24.5 Å². The van der Waals surface area contributed by atoms with Gasteiger partial charge in [-0.05, 0) is 37.5 Å². The zero-order valence-electron chi connectivity index (χ0n) is 12.5. The van der Waals surface area contributed by atoms with Crippen LogP contribution in [0.3, 0.4) is 0 Å². The van der Waals surface area contributed by atoms with E-state index in [9.17, 15) is 4.79 Å². The molecule has 2 aliphatic carbocycles. The van der Waals surface area contributed by atoms with Gasteiger partial charge < -0.3 is 4.74 Å². The van der Waals surface area contributed by atoms with Crippen LogP contribution in [0.5, 0.6) is 0 Å². The Kier molecular flexibility index (Phi) is 3.36. The maximum Gasteiger partial charge on any atom is 0.166 e. The van der Waals surface area contributed by atoms with Crippen LogP contribution in [0.25, 0.3) is 0 Å². The molecule has 1 atom stereocenters. The topological polar surface area (TPSA) is 52.1 Å². The van der Waals surface area contributed by atoms with E-state index < -0.39 is 0 Å². The molecule has 1 aromatic rings. The Bertz CT molecular complexity index is 535. The van der Waals surface area contributed by atoms with Crippen LogP contribution >= 0.6 is 0 Å². The summed E-state index contributed by atoms with van der Waals surface area (Å²) in [6, 6.07) is 0. The molecule has 0 amide bonds. The fourth-order valence-electron chi connectivity index (χ4n) is 2.98. The van der Waals surface area contributed by atoms with Crippen LogP contribution in [0.15, 0.2) is 6.20 Å². The summed E-state index contributed by atoms with van der Waals surface area (Å²) in [4.78, 5) is 21.2. The Morgan fingerprint density at radius 1 is 1.40 bits per heavy atom. The molecule has 0 radical (unpaired) electrons. The zero-order chi connectivity index (χ0) is 14.3. The fraction of sp³-hybridized carbons (Fsp3) is 0.688. The highest BCUT2D eigenvalue weighted by Crippen LogP contribution is 2.43. The minimum absolute atomic E-state index is 0.00357. The molecule has 1 unspecified atom stereocenters. The van der Waals surface area contributed by atoms with E-state index in [-0.39, 0.29) is 17.3 Å². The molecular formula is C16H22N2O2. The Morgan fingerprint density at radius 2 is 2.15 bits per heavy atom. The second kappa shape index (κ2) is 4.92. The van der Waals surface area contributed by atoms with Gasteiger partial charge in [0.15, 0.2) is 11.6 Å². The summed E-state index contributed by atoms with van der Waals surface area (Å²) >= 11 is 0. The number of carbonyl (C=O) groups is 1. The van der Waals surface area contributed by atoms with Gasteiger partial charge in [0, 0.05) is 19.2 Å². The molecule has 3 rings (SSSR count). The third-order valence-corrected chi connectivity index (χ3v) is 4.12. The molecule has 0 spiro atoms. The Hall–Kier alpha value is -1.29. The van der Waals surface area contributed by atoms with E-state index in [1.54, 1.807) is 6.20 Å². The van der Waals surface area contributed by atoms with Crippen molar-refractivity contribution in [1.29, 1.82) is 0 Å². The van der Waals surface area contributed by atoms with Gasteiger partial charge in [-0.1, -0.05) is 13.8 Å². The number of aromatic nitrogens is 2. The lowest BCUT2D eigenvalue weighted by Gasteiger charge is -2.29. The van der Waals surface area contributed by atoms with Crippen molar-refractivity contribution in [2.24, 2.45) is 11.3 Å². The first-order chi connectivity index (χ1) is 9.50. The van der Waals surface area contributed by atoms with Gasteiger partial charge in [0.25, 0.3) is 0 Å². The molecular weight excluding hydrogens is 252 g/mol. The number of nitrogens with zero attached hydrogens (tertiary/aromatic N) is 2. The minimum atomic E-state index is -0.00357. The number of Topliss-reactive ketones (excluding diaryl/α,β-unsaturated/α-hetero) is 1. The average molecular weight is 274 g/mol. The van der Waals surface area contributed by atoms with Crippen molar-refractivity contribution in [2.75, 3.05) is 6.61 Å². The molecule has 2 aliphatic rings. The predicted molar refractivity (Wildman–Crippen MR) is 75.6 cm³/mol. The maximum atomic E-state index is 12.1. The lowest BCUT2D eigenvalue weighted by atomic mass is 9.76. The van der Waals surface area contributed by atoms with Crippen molar-refractivity contribution in [2.45, 2.75) is 52.6 Å². The van der Waals surface area contributed by atoms with Crippen LogP contribution in [0.1, 0.15) is 68.0 Å². The van der Waals surface area contributed by atoms with Crippen molar-refractivity contribution < 1.29 is 9.53 Å². The second-order valence-corrected chi connectivity index (χ2v) is 6.74. The van der Waals surface area contributed by atoms with Crippen molar-refractivity contribution in [3.63, 3.8) is 0 Å². The summed E-state index contributed by atoms with van der Waals surface area (Å²) in [6.07, 6.45) is 5.52. The number of carbonyl (C=O) groups excluding carboxylic acids is 1. The summed E-state index contributed by atoms with van der Waals surface area (Å²) in [5, 5.41) is 0. The molecule has 108 valence electrons. The standard InChI is InChI=1S/C16H22N2O2/c1-4-20-14(10-5-6-10)15-17-9-11-12(18-15)7-16(2,3)8-13(11)19/h9-10,14H,4-8H2,1-3H3. The van der Waals surface area contributed by atoms with Gasteiger partial charge in [-0.2, -0.15) is 0 Å². The molecule has 1 fully saturated rings. The molecule has 0 saturated heterocycles. The van der Waals surface area contributed by atoms with Crippen LogP contribution in [-0.2, 0) is 11.2 Å². The maximum absolute atomic E-state index is 12.1. The SMILES string of the molecule is CCOC(c1ncc2c(n1)CC(C)(C)CC2=O)C1CC1. The van der Waals surface area contributed by atoms with Gasteiger partial charge >= 0.3 is 0 Å². The molecule has 4 heteroatoms. The smallest absolute Gasteiger partial charge is 0.166 e. The predicted octanol–water partition coefficient (Wildman–Crippen LogP) is 3.12. The minimum Gasteiger partial charge on any atom is -0.370 e. The Labute approximate surface area is 120 Å². The molecule has 0 bridgehead atoms. The van der Waals surface area contributed by atoms with E-state index >= 15 is 0 Å². The van der Waals surface area contributed by atoms with Gasteiger partial charge in [0.05, 0.1) is 11.3 Å². The van der Waals surface area contributed by atoms with Gasteiger partial charge in [-0.25, -0.2) is 9.97 Å². The van der Waals surface area contributed by atoms with Crippen LogP contribution in [-0.4, -0.2) is 22.4 Å². The molecule has 0 N–H and O–H groups in total. The third kappa shape index (κ3) is 2.62. The number of fused-ring (bicyclic) bond motifs is 1. The molecule has 0 aliphatic heterocycles. The first-order valence-corrected chi connectivity index (χ1v) is 7.51. The second-order valence-electron chi connectivity index (χ2n) is 6.74. The van der Waals surface area contributed by atoms with E-state index in [4.69, 9.17) is 4.74 Å². The van der Waals surface area contributed by atoms with E-state index in [1.807, 2.05) is 6.92 Å². The summed E-state index contributed by atoms with van der Waals surface area (Å²) in [6.45, 7) is 6.92. The van der Waals surface area contributed by atoms with Crippen molar-refractivity contribution in [3.8, 4) is 0 Å². The quantitative estimate of drug-likeness (QED) is 0.846. The van der Waals surface area contributed by atoms with E-state index in [2.05, 4.69) is 23.8 Å². The summed E-state index contributed by atoms with van der Waals surface area (Å²) in [7, 11) is 0. The Balaban J connectivity index is 1.93. The molecule has 4 nitrogen and oxygen atoms in total. The van der Waals surface area contributed by atoms with Gasteiger partial charge in [0.2, 0.25) is 0 Å². The highest BCUT2D eigenvalue weighted by atomic mass is 16.5. The number of hydrogen-bond donors (Lipinski definition) is 0. The Morgan fingerprint density at radius 3 is 2.80 bits per heavy atom. The van der Waals surface area contributed by atoms with Crippen LogP contribution in [0.2, 0.25) is 0 Å². The zero-order valence-corrected chi connectivity index (χ0v) is 12.5. The van der Waals surface area contributed by atoms with Crippen molar-refractivity contribution in [1.82, 2.24) is 9.97 Å². The molecule has 1 heterocycles. The van der Waals surface area contributed by atoms with E-state index in [0.717, 1.165) is 17.9 Å². The summed E-state index contributed by atoms with van der Waals surface area (Å²) in [5.41, 5.74) is 1.61. The fourth-order valence-corrected chi connectivity index (χ4v) is 2.98. The average Bonchev–Trinajstić information content (AvgIpc) is 3.18. The summed E-state index contributed by atoms with van der Waals surface area (Å²) < 4.78 is 5.81. The largest absolute Gasteiger partial charge is 0.370 e. The highest BCUT2D eigenvalue weighted by molar-refractivity contribution is 5.98. The lowest BCUT2D eigenvalue weighted by molar-refractivity contribution is 0.0396. The van der Waals surface area contributed by atoms with Crippen molar-refractivity contribution >= 4 is 5.78 Å². The van der Waals surface area contributed by atoms with Crippen LogP contribution in [0.4, 0.5) is 0 Å². The summed E-state index contributed by atoms with van der Waals surface area (Å²) in [5.74, 6) is 1.49. The first kappa shape index (κ1) is 13.7.